The van der Waals surface area contributed by atoms with Gasteiger partial charge in [-0.15, -0.1) is 0 Å². The number of rotatable bonds is 5. The number of nitrogens with zero attached hydrogens (tertiary/aromatic N) is 1. The van der Waals surface area contributed by atoms with Gasteiger partial charge in [-0.2, -0.15) is 0 Å². The average molecular weight is 353 g/mol. The van der Waals surface area contributed by atoms with Crippen LogP contribution in [0.1, 0.15) is 55.3 Å². The zero-order valence-corrected chi connectivity index (χ0v) is 15.0. The lowest BCUT2D eigenvalue weighted by atomic mass is 9.52. The number of aliphatic hydroxyl groups excluding tert-OH is 1. The number of fused-ring (bicyclic) bond motifs is 1. The maximum Gasteiger partial charge on any atom is 0.0657 e. The summed E-state index contributed by atoms with van der Waals surface area (Å²) in [6, 6.07) is 0.369. The van der Waals surface area contributed by atoms with E-state index in [9.17, 15) is 10.2 Å². The summed E-state index contributed by atoms with van der Waals surface area (Å²) in [5.74, 6) is 1.71. The van der Waals surface area contributed by atoms with Gasteiger partial charge in [-0.25, -0.2) is 0 Å². The Bertz CT molecular complexity index is 772. The number of aromatic nitrogens is 1. The van der Waals surface area contributed by atoms with Gasteiger partial charge in [0.2, 0.25) is 0 Å². The molecule has 5 aliphatic carbocycles. The van der Waals surface area contributed by atoms with Crippen LogP contribution in [0.5, 0.6) is 0 Å². The summed E-state index contributed by atoms with van der Waals surface area (Å²) in [7, 11) is 0. The third-order valence-electron chi connectivity index (χ3n) is 7.03. The summed E-state index contributed by atoms with van der Waals surface area (Å²) in [5, 5.41) is 32.3. The second-order valence-corrected chi connectivity index (χ2v) is 8.83. The second kappa shape index (κ2) is 5.89. The molecule has 6 rings (SSSR count). The molecule has 4 bridgehead atoms. The van der Waals surface area contributed by atoms with Gasteiger partial charge in [-0.05, 0) is 49.9 Å². The molecule has 26 heavy (non-hydrogen) atoms. The van der Waals surface area contributed by atoms with E-state index in [1.807, 2.05) is 0 Å². The van der Waals surface area contributed by atoms with Crippen molar-refractivity contribution in [1.82, 2.24) is 4.98 Å². The number of nitrogens with one attached hydrogen (secondary N) is 2. The van der Waals surface area contributed by atoms with E-state index in [0.29, 0.717) is 35.9 Å². The fraction of sp³-hybridized carbons (Fsp3) is 0.619. The molecule has 0 aliphatic heterocycles. The number of pyridine rings is 1. The summed E-state index contributed by atoms with van der Waals surface area (Å²) in [4.78, 5) is 4.55. The maximum atomic E-state index is 10.8. The summed E-state index contributed by atoms with van der Waals surface area (Å²) in [5.41, 5.74) is 4.02. The third kappa shape index (κ3) is 2.52. The highest BCUT2D eigenvalue weighted by molar-refractivity contribution is 6.04. The molecule has 1 aromatic rings. The smallest absolute Gasteiger partial charge is 0.0657 e. The van der Waals surface area contributed by atoms with E-state index < -0.39 is 5.60 Å². The fourth-order valence-electron chi connectivity index (χ4n) is 6.21. The molecule has 0 aromatic carbocycles. The van der Waals surface area contributed by atoms with Gasteiger partial charge in [-0.1, -0.05) is 12.2 Å². The first-order chi connectivity index (χ1) is 12.6. The van der Waals surface area contributed by atoms with Gasteiger partial charge in [0.25, 0.3) is 0 Å². The minimum absolute atomic E-state index is 0.0193. The quantitative estimate of drug-likeness (QED) is 0.613. The van der Waals surface area contributed by atoms with Crippen LogP contribution in [0.25, 0.3) is 6.08 Å². The Hall–Kier alpha value is -1.72. The first-order valence-electron chi connectivity index (χ1n) is 9.92. The van der Waals surface area contributed by atoms with Gasteiger partial charge in [0.15, 0.2) is 0 Å². The zero-order valence-electron chi connectivity index (χ0n) is 15.0. The molecule has 4 fully saturated rings. The molecule has 5 aliphatic rings. The van der Waals surface area contributed by atoms with Crippen molar-refractivity contribution in [2.45, 2.75) is 56.6 Å². The van der Waals surface area contributed by atoms with Crippen LogP contribution in [0.2, 0.25) is 0 Å². The van der Waals surface area contributed by atoms with E-state index in [0.717, 1.165) is 48.2 Å². The Morgan fingerprint density at radius 3 is 2.73 bits per heavy atom. The van der Waals surface area contributed by atoms with Gasteiger partial charge in [0.1, 0.15) is 0 Å². The first-order valence-corrected chi connectivity index (χ1v) is 9.92. The van der Waals surface area contributed by atoms with E-state index in [-0.39, 0.29) is 6.61 Å². The number of anilines is 1. The van der Waals surface area contributed by atoms with Crippen molar-refractivity contribution in [3.8, 4) is 0 Å². The summed E-state index contributed by atoms with van der Waals surface area (Å²) in [6.07, 6.45) is 12.5. The van der Waals surface area contributed by atoms with Crippen LogP contribution in [0, 0.1) is 23.2 Å². The first kappa shape index (κ1) is 16.5. The summed E-state index contributed by atoms with van der Waals surface area (Å²) in [6.45, 7) is -0.0193. The van der Waals surface area contributed by atoms with Crippen molar-refractivity contribution in [3.63, 3.8) is 0 Å². The molecule has 1 aromatic heterocycles. The lowest BCUT2D eigenvalue weighted by molar-refractivity contribution is -0.129. The second-order valence-electron chi connectivity index (χ2n) is 8.83. The van der Waals surface area contributed by atoms with Crippen LogP contribution in [0.4, 0.5) is 5.69 Å². The van der Waals surface area contributed by atoms with Crippen LogP contribution in [-0.4, -0.2) is 39.2 Å². The van der Waals surface area contributed by atoms with E-state index in [4.69, 9.17) is 5.41 Å². The lowest BCUT2D eigenvalue weighted by Crippen LogP contribution is -2.59. The van der Waals surface area contributed by atoms with Crippen molar-refractivity contribution in [2.75, 3.05) is 11.9 Å². The fourth-order valence-corrected chi connectivity index (χ4v) is 6.21. The standard InChI is InChI=1S/C21H27N3O2/c22-17(4-5-25)16-11-23-18-3-1-2-15(18)20(16)24-19-13-6-12-7-14(19)10-21(26,8-12)9-13/h1-2,11-14,19,22,25-26H,3-10H2,(H,23,24)/t12?,13-,14+,19?,21?. The molecule has 4 saturated carbocycles. The number of aliphatic hydroxyl groups is 2. The number of allylic oxidation sites excluding steroid dienone is 1. The van der Waals surface area contributed by atoms with Crippen molar-refractivity contribution in [2.24, 2.45) is 17.8 Å². The van der Waals surface area contributed by atoms with Crippen molar-refractivity contribution < 1.29 is 10.2 Å². The molecule has 5 atom stereocenters. The highest BCUT2D eigenvalue weighted by Crippen LogP contribution is 2.56. The molecular formula is C21H27N3O2. The monoisotopic (exact) mass is 353 g/mol. The average Bonchev–Trinajstić information content (AvgIpc) is 3.05. The van der Waals surface area contributed by atoms with E-state index in [2.05, 4.69) is 22.5 Å². The molecule has 5 nitrogen and oxygen atoms in total. The van der Waals surface area contributed by atoms with E-state index >= 15 is 0 Å². The molecule has 0 radical (unpaired) electrons. The molecule has 0 amide bonds. The van der Waals surface area contributed by atoms with Crippen LogP contribution in [0.15, 0.2) is 12.3 Å². The topological polar surface area (TPSA) is 89.2 Å². The number of hydrogen-bond acceptors (Lipinski definition) is 5. The SMILES string of the molecule is N=C(CCO)c1cnc2c(c1NC1[C@@H]3CC4C[C@H]1CC(O)(C4)C3)C=CC2. The Labute approximate surface area is 154 Å². The molecule has 3 unspecified atom stereocenters. The van der Waals surface area contributed by atoms with E-state index in [1.165, 1.54) is 12.8 Å². The van der Waals surface area contributed by atoms with Gasteiger partial charge in [0, 0.05) is 48.5 Å². The largest absolute Gasteiger partial charge is 0.396 e. The van der Waals surface area contributed by atoms with Crippen molar-refractivity contribution >= 4 is 17.5 Å². The predicted molar refractivity (Wildman–Crippen MR) is 101 cm³/mol. The highest BCUT2D eigenvalue weighted by atomic mass is 16.3. The maximum absolute atomic E-state index is 10.8. The van der Waals surface area contributed by atoms with Gasteiger partial charge in [-0.3, -0.25) is 4.98 Å². The normalized spacial score (nSPS) is 36.4. The zero-order chi connectivity index (χ0) is 17.9. The third-order valence-corrected chi connectivity index (χ3v) is 7.03. The van der Waals surface area contributed by atoms with Gasteiger partial charge >= 0.3 is 0 Å². The Morgan fingerprint density at radius 1 is 1.27 bits per heavy atom. The van der Waals surface area contributed by atoms with Crippen molar-refractivity contribution in [3.05, 3.63) is 29.1 Å². The van der Waals surface area contributed by atoms with Crippen molar-refractivity contribution in [1.29, 1.82) is 5.41 Å². The molecule has 0 saturated heterocycles. The molecular weight excluding hydrogens is 326 g/mol. The minimum atomic E-state index is -0.429. The Balaban J connectivity index is 1.50. The Morgan fingerprint density at radius 2 is 2.04 bits per heavy atom. The molecule has 5 heteroatoms. The van der Waals surface area contributed by atoms with Gasteiger partial charge < -0.3 is 20.9 Å². The highest BCUT2D eigenvalue weighted by Gasteiger charge is 2.54. The molecule has 4 N–H and O–H groups in total. The number of hydrogen-bond donors (Lipinski definition) is 4. The predicted octanol–water partition coefficient (Wildman–Crippen LogP) is 2.75. The van der Waals surface area contributed by atoms with E-state index in [1.54, 1.807) is 6.20 Å². The summed E-state index contributed by atoms with van der Waals surface area (Å²) < 4.78 is 0. The molecule has 138 valence electrons. The van der Waals surface area contributed by atoms with Crippen LogP contribution in [0.3, 0.4) is 0 Å². The minimum Gasteiger partial charge on any atom is -0.396 e. The lowest BCUT2D eigenvalue weighted by Gasteiger charge is -2.58. The molecule has 0 spiro atoms. The van der Waals surface area contributed by atoms with Crippen LogP contribution >= 0.6 is 0 Å². The summed E-state index contributed by atoms with van der Waals surface area (Å²) >= 11 is 0. The Kier molecular flexibility index (Phi) is 3.73. The van der Waals surface area contributed by atoms with Crippen LogP contribution in [-0.2, 0) is 6.42 Å². The van der Waals surface area contributed by atoms with Gasteiger partial charge in [0.05, 0.1) is 17.0 Å². The molecule has 1 heterocycles. The van der Waals surface area contributed by atoms with Crippen LogP contribution < -0.4 is 5.32 Å².